The molecule has 1 N–H and O–H groups in total. The molecule has 10 rings (SSSR count). The van der Waals surface area contributed by atoms with E-state index in [0.29, 0.717) is 33.4 Å². The molecule has 0 spiro atoms. The number of nitrogens with zero attached hydrogens (tertiary/aromatic N) is 17. The van der Waals surface area contributed by atoms with E-state index in [2.05, 4.69) is 41.7 Å². The molecule has 0 radical (unpaired) electrons. The summed E-state index contributed by atoms with van der Waals surface area (Å²) >= 11 is 0. The second kappa shape index (κ2) is 19.6. The van der Waals surface area contributed by atoms with Crippen molar-refractivity contribution in [3.8, 4) is 118 Å². The largest absolute Gasteiger partial charge is 0.369 e. The minimum absolute atomic E-state index is 0.00155. The Bertz CT molecular complexity index is 4830. The van der Waals surface area contributed by atoms with E-state index >= 15 is 0 Å². The predicted molar refractivity (Wildman–Crippen MR) is 276 cm³/mol. The van der Waals surface area contributed by atoms with Gasteiger partial charge in [-0.25, -0.2) is 24.9 Å². The fourth-order valence-corrected chi connectivity index (χ4v) is 9.04. The van der Waals surface area contributed by atoms with E-state index in [1.807, 2.05) is 36.4 Å². The number of hydrogen-bond acceptors (Lipinski definition) is 18. The van der Waals surface area contributed by atoms with Gasteiger partial charge in [0.15, 0.2) is 0 Å². The number of fused-ring (bicyclic) bond motifs is 6. The van der Waals surface area contributed by atoms with E-state index in [4.69, 9.17) is 24.9 Å². The summed E-state index contributed by atoms with van der Waals surface area (Å²) in [7, 11) is 0. The van der Waals surface area contributed by atoms with Crippen molar-refractivity contribution < 1.29 is 0 Å². The van der Waals surface area contributed by atoms with Gasteiger partial charge in [0.1, 0.15) is 101 Å². The summed E-state index contributed by atoms with van der Waals surface area (Å²) in [5.41, 5.74) is 3.66. The molecule has 1 atom stereocenters. The molecule has 2 aromatic heterocycles. The zero-order chi connectivity index (χ0) is 54.8. The highest BCUT2D eigenvalue weighted by molar-refractivity contribution is 6.21. The summed E-state index contributed by atoms with van der Waals surface area (Å²) < 4.78 is 0. The van der Waals surface area contributed by atoms with Gasteiger partial charge < -0.3 is 5.32 Å². The fourth-order valence-electron chi connectivity index (χ4n) is 9.04. The molecule has 0 saturated carbocycles. The molecule has 0 fully saturated rings. The summed E-state index contributed by atoms with van der Waals surface area (Å²) in [6.45, 7) is 0. The number of rotatable bonds is 6. The van der Waals surface area contributed by atoms with Crippen molar-refractivity contribution in [1.29, 1.82) is 63.1 Å². The highest BCUT2D eigenvalue weighted by Crippen LogP contribution is 2.49. The standard InChI is InChI=1S/C60H20N18/c61-19-37-7-1-31(13-43(37)25-67)49-50(32-2-8-38(20-62)44(14-32)26-68)74-56-55(73-49)57-59(77-52(34-4-10-40(22-64)46(16-34)28-70)51(75-57)33-3-9-39(21-63)45(15-33)27-69)60-58(56)76-53(35-5-11-41(23-65)47(17-35)29-71)54(78-60)36-6-12-42(24-66)48(18-36)30-72/h1-18,49,73H. The molecular weight excluding hydrogens is 973 g/mol. The monoisotopic (exact) mass is 992 g/mol. The molecule has 0 bridgehead atoms. The molecule has 1 aliphatic rings. The minimum Gasteiger partial charge on any atom is -0.369 e. The van der Waals surface area contributed by atoms with Gasteiger partial charge in [-0.05, 0) is 83.9 Å². The average Bonchev–Trinajstić information content (AvgIpc) is 3.70. The van der Waals surface area contributed by atoms with Crippen LogP contribution in [0, 0.1) is 136 Å². The van der Waals surface area contributed by atoms with Gasteiger partial charge in [0.25, 0.3) is 0 Å². The summed E-state index contributed by atoms with van der Waals surface area (Å²) in [4.78, 5) is 26.5. The Balaban J connectivity index is 1.44. The maximum atomic E-state index is 10.2. The third-order valence-electron chi connectivity index (χ3n) is 12.8. The van der Waals surface area contributed by atoms with E-state index in [-0.39, 0.29) is 129 Å². The molecule has 3 heterocycles. The molecule has 18 nitrogen and oxygen atoms in total. The predicted octanol–water partition coefficient (Wildman–Crippen LogP) is 9.99. The minimum atomic E-state index is -1.02. The van der Waals surface area contributed by atoms with Crippen LogP contribution in [0.4, 0.5) is 11.4 Å². The maximum absolute atomic E-state index is 10.2. The van der Waals surface area contributed by atoms with Crippen LogP contribution in [0.2, 0.25) is 0 Å². The number of hydrogen-bond donors (Lipinski definition) is 1. The van der Waals surface area contributed by atoms with Crippen LogP contribution in [0.3, 0.4) is 0 Å². The van der Waals surface area contributed by atoms with Crippen molar-refractivity contribution in [2.24, 2.45) is 4.99 Å². The van der Waals surface area contributed by atoms with Gasteiger partial charge in [-0.2, -0.15) is 63.1 Å². The van der Waals surface area contributed by atoms with E-state index in [1.54, 1.807) is 36.4 Å². The van der Waals surface area contributed by atoms with Crippen molar-refractivity contribution in [2.45, 2.75) is 6.04 Å². The topological polar surface area (TPSA) is 361 Å². The number of nitriles is 12. The number of aliphatic imine (C=N–C) groups is 1. The number of nitrogens with one attached hydrogen (secondary N) is 1. The van der Waals surface area contributed by atoms with Crippen molar-refractivity contribution in [2.75, 3.05) is 5.32 Å². The van der Waals surface area contributed by atoms with Gasteiger partial charge >= 0.3 is 0 Å². The van der Waals surface area contributed by atoms with Gasteiger partial charge in [-0.15, -0.1) is 0 Å². The first kappa shape index (κ1) is 48.2. The van der Waals surface area contributed by atoms with Crippen LogP contribution in [-0.2, 0) is 0 Å². The molecular formula is C60H20N18. The fraction of sp³-hybridized carbons (Fsp3) is 0.0167. The normalized spacial score (nSPS) is 11.7. The summed E-state index contributed by atoms with van der Waals surface area (Å²) in [5, 5.41) is 125. The zero-order valence-electron chi connectivity index (χ0n) is 39.6. The first-order valence-corrected chi connectivity index (χ1v) is 22.7. The molecule has 18 heteroatoms. The summed E-state index contributed by atoms with van der Waals surface area (Å²) in [5.74, 6) is 0. The Morgan fingerprint density at radius 1 is 0.295 bits per heavy atom. The van der Waals surface area contributed by atoms with Gasteiger partial charge in [0.05, 0.1) is 107 Å². The lowest BCUT2D eigenvalue weighted by Gasteiger charge is -2.30. The Morgan fingerprint density at radius 2 is 0.577 bits per heavy atom. The first-order chi connectivity index (χ1) is 38.1. The Hall–Kier alpha value is -13.4. The lowest BCUT2D eigenvalue weighted by atomic mass is 9.90. The van der Waals surface area contributed by atoms with Crippen LogP contribution < -0.4 is 5.32 Å². The third kappa shape index (κ3) is 7.96. The van der Waals surface area contributed by atoms with Crippen molar-refractivity contribution in [1.82, 2.24) is 19.9 Å². The Kier molecular flexibility index (Phi) is 12.1. The van der Waals surface area contributed by atoms with Crippen LogP contribution in [0.5, 0.6) is 0 Å². The van der Waals surface area contributed by atoms with Crippen molar-refractivity contribution in [3.05, 3.63) is 187 Å². The number of aromatic nitrogens is 4. The SMILES string of the molecule is N#Cc1ccc(C2=Nc3c(c4nc(-c5ccc(C#N)c(C#N)c5)c(-c5ccc(C#N)c(C#N)c5)nc4c4nc(-c5ccc(C#N)c(C#N)c5)c(-c5ccc(C#N)c(C#N)c5)nc34)NC2c2ccc(C#N)c(C#N)c2)cc1C#N. The number of benzene rings is 7. The second-order valence-electron chi connectivity index (χ2n) is 17.0. The highest BCUT2D eigenvalue weighted by atomic mass is 15.1. The second-order valence-corrected chi connectivity index (χ2v) is 17.0. The Labute approximate surface area is 441 Å². The quantitative estimate of drug-likeness (QED) is 0.151. The van der Waals surface area contributed by atoms with Gasteiger partial charge in [0.2, 0.25) is 0 Å². The van der Waals surface area contributed by atoms with E-state index in [9.17, 15) is 63.1 Å². The first-order valence-electron chi connectivity index (χ1n) is 22.7. The van der Waals surface area contributed by atoms with E-state index in [1.165, 1.54) is 72.8 Å². The zero-order valence-corrected chi connectivity index (χ0v) is 39.6. The van der Waals surface area contributed by atoms with Gasteiger partial charge in [-0.1, -0.05) is 36.4 Å². The van der Waals surface area contributed by atoms with Gasteiger partial charge in [0, 0.05) is 22.3 Å². The molecule has 7 aromatic carbocycles. The lowest BCUT2D eigenvalue weighted by molar-refractivity contribution is 1.01. The van der Waals surface area contributed by atoms with E-state index < -0.39 is 6.04 Å². The van der Waals surface area contributed by atoms with E-state index in [0.717, 1.165) is 0 Å². The van der Waals surface area contributed by atoms with Gasteiger partial charge in [-0.3, -0.25) is 0 Å². The lowest BCUT2D eigenvalue weighted by Crippen LogP contribution is -2.26. The van der Waals surface area contributed by atoms with Crippen LogP contribution in [-0.4, -0.2) is 25.6 Å². The van der Waals surface area contributed by atoms with Crippen molar-refractivity contribution >= 4 is 39.2 Å². The van der Waals surface area contributed by atoms with Crippen LogP contribution in [0.25, 0.3) is 67.1 Å². The highest BCUT2D eigenvalue weighted by Gasteiger charge is 2.33. The number of anilines is 1. The smallest absolute Gasteiger partial charge is 0.120 e. The molecule has 0 saturated heterocycles. The molecule has 78 heavy (non-hydrogen) atoms. The summed E-state index contributed by atoms with van der Waals surface area (Å²) in [6, 6.07) is 50.5. The third-order valence-corrected chi connectivity index (χ3v) is 12.8. The maximum Gasteiger partial charge on any atom is 0.120 e. The van der Waals surface area contributed by atoms with Crippen LogP contribution in [0.1, 0.15) is 83.9 Å². The Morgan fingerprint density at radius 3 is 0.936 bits per heavy atom. The molecule has 9 aromatic rings. The molecule has 1 aliphatic heterocycles. The van der Waals surface area contributed by atoms with Crippen molar-refractivity contribution in [3.63, 3.8) is 0 Å². The van der Waals surface area contributed by atoms with Crippen LogP contribution in [0.15, 0.2) is 114 Å². The molecule has 0 aliphatic carbocycles. The molecule has 1 unspecified atom stereocenters. The molecule has 0 amide bonds. The van der Waals surface area contributed by atoms with Crippen LogP contribution >= 0.6 is 0 Å². The average molecular weight is 993 g/mol. The summed E-state index contributed by atoms with van der Waals surface area (Å²) in [6.07, 6.45) is 0. The molecule has 350 valence electrons.